The molecule has 2 rings (SSSR count). The fourth-order valence-electron chi connectivity index (χ4n) is 1.05. The monoisotopic (exact) mass is 161 g/mol. The lowest BCUT2D eigenvalue weighted by molar-refractivity contribution is 1.08. The van der Waals surface area contributed by atoms with Gasteiger partial charge in [-0.3, -0.25) is 4.79 Å². The summed E-state index contributed by atoms with van der Waals surface area (Å²) in [6.45, 7) is 1.76. The molecule has 2 aromatic heterocycles. The molecule has 0 aliphatic carbocycles. The molecule has 0 amide bonds. The molecule has 0 saturated carbocycles. The molecule has 0 fully saturated rings. The summed E-state index contributed by atoms with van der Waals surface area (Å²) in [4.78, 5) is 22.1. The third-order valence-electron chi connectivity index (χ3n) is 1.62. The second kappa shape index (κ2) is 2.41. The van der Waals surface area contributed by atoms with Gasteiger partial charge in [-0.25, -0.2) is 9.97 Å². The van der Waals surface area contributed by atoms with Gasteiger partial charge in [0.25, 0.3) is 0 Å². The van der Waals surface area contributed by atoms with E-state index in [-0.39, 0.29) is 5.43 Å². The molecular weight excluding hydrogens is 154 g/mol. The topological polar surface area (TPSA) is 58.6 Å². The molecule has 2 aromatic rings. The lowest BCUT2D eigenvalue weighted by Gasteiger charge is -1.95. The Morgan fingerprint density at radius 2 is 2.33 bits per heavy atom. The number of hydrogen-bond acceptors (Lipinski definition) is 3. The van der Waals surface area contributed by atoms with Crippen molar-refractivity contribution >= 4 is 11.0 Å². The van der Waals surface area contributed by atoms with Gasteiger partial charge in [-0.15, -0.1) is 0 Å². The number of H-pyrrole nitrogens is 1. The van der Waals surface area contributed by atoms with E-state index >= 15 is 0 Å². The highest BCUT2D eigenvalue weighted by Crippen LogP contribution is 2.00. The molecule has 4 heteroatoms. The van der Waals surface area contributed by atoms with Crippen molar-refractivity contribution in [3.8, 4) is 0 Å². The van der Waals surface area contributed by atoms with E-state index in [4.69, 9.17) is 0 Å². The van der Waals surface area contributed by atoms with Crippen LogP contribution in [0.4, 0.5) is 0 Å². The van der Waals surface area contributed by atoms with Gasteiger partial charge in [0.2, 0.25) is 5.43 Å². The van der Waals surface area contributed by atoms with Gasteiger partial charge in [-0.05, 0) is 6.92 Å². The average molecular weight is 161 g/mol. The minimum atomic E-state index is -0.0748. The molecule has 2 heterocycles. The molecule has 4 nitrogen and oxygen atoms in total. The maximum absolute atomic E-state index is 11.2. The van der Waals surface area contributed by atoms with Gasteiger partial charge in [0.1, 0.15) is 11.3 Å². The van der Waals surface area contributed by atoms with Gasteiger partial charge in [0.15, 0.2) is 0 Å². The largest absolute Gasteiger partial charge is 0.358 e. The maximum atomic E-state index is 11.2. The van der Waals surface area contributed by atoms with Crippen LogP contribution in [0.2, 0.25) is 0 Å². The van der Waals surface area contributed by atoms with Crippen LogP contribution in [0, 0.1) is 6.92 Å². The second-order valence-corrected chi connectivity index (χ2v) is 2.52. The highest BCUT2D eigenvalue weighted by atomic mass is 16.1. The fraction of sp³-hybridized carbons (Fsp3) is 0.125. The standard InChI is InChI=1S/C8H7N3O/c1-5-10-4-6-8(11-5)7(12)2-3-9-6/h2-4H,1H3,(H,9,12). The van der Waals surface area contributed by atoms with Crippen molar-refractivity contribution in [2.45, 2.75) is 6.92 Å². The quantitative estimate of drug-likeness (QED) is 0.616. The third-order valence-corrected chi connectivity index (χ3v) is 1.62. The number of nitrogens with one attached hydrogen (secondary N) is 1. The van der Waals surface area contributed by atoms with E-state index in [2.05, 4.69) is 15.0 Å². The highest BCUT2D eigenvalue weighted by Gasteiger charge is 1.98. The molecule has 0 spiro atoms. The van der Waals surface area contributed by atoms with E-state index in [9.17, 15) is 4.79 Å². The minimum Gasteiger partial charge on any atom is -0.358 e. The molecule has 0 aliphatic rings. The number of hydrogen-bond donors (Lipinski definition) is 1. The number of rotatable bonds is 0. The molecular formula is C8H7N3O. The first-order chi connectivity index (χ1) is 5.77. The van der Waals surface area contributed by atoms with E-state index in [1.165, 1.54) is 6.07 Å². The Hall–Kier alpha value is -1.71. The smallest absolute Gasteiger partial charge is 0.207 e. The third kappa shape index (κ3) is 0.972. The van der Waals surface area contributed by atoms with Crippen molar-refractivity contribution in [3.05, 3.63) is 34.5 Å². The number of pyridine rings is 1. The van der Waals surface area contributed by atoms with E-state index in [0.29, 0.717) is 16.9 Å². The van der Waals surface area contributed by atoms with Gasteiger partial charge in [0.05, 0.1) is 11.7 Å². The van der Waals surface area contributed by atoms with E-state index < -0.39 is 0 Å². The van der Waals surface area contributed by atoms with Gasteiger partial charge >= 0.3 is 0 Å². The van der Waals surface area contributed by atoms with E-state index in [1.54, 1.807) is 19.3 Å². The molecule has 0 aromatic carbocycles. The Labute approximate surface area is 68.3 Å². The normalized spacial score (nSPS) is 10.4. The average Bonchev–Trinajstić information content (AvgIpc) is 2.07. The Bertz CT molecular complexity index is 475. The Morgan fingerprint density at radius 3 is 3.17 bits per heavy atom. The zero-order valence-electron chi connectivity index (χ0n) is 6.53. The van der Waals surface area contributed by atoms with Crippen molar-refractivity contribution in [2.75, 3.05) is 0 Å². The zero-order chi connectivity index (χ0) is 8.55. The predicted octanol–water partition coefficient (Wildman–Crippen LogP) is 0.627. The zero-order valence-corrected chi connectivity index (χ0v) is 6.53. The summed E-state index contributed by atoms with van der Waals surface area (Å²) in [7, 11) is 0. The van der Waals surface area contributed by atoms with Gasteiger partial charge in [-0.2, -0.15) is 0 Å². The van der Waals surface area contributed by atoms with Crippen LogP contribution in [0.5, 0.6) is 0 Å². The fourth-order valence-corrected chi connectivity index (χ4v) is 1.05. The van der Waals surface area contributed by atoms with Gasteiger partial charge in [-0.1, -0.05) is 0 Å². The Kier molecular flexibility index (Phi) is 1.40. The van der Waals surface area contributed by atoms with E-state index in [0.717, 1.165) is 0 Å². The molecule has 12 heavy (non-hydrogen) atoms. The minimum absolute atomic E-state index is 0.0748. The molecule has 0 unspecified atom stereocenters. The van der Waals surface area contributed by atoms with Gasteiger partial charge < -0.3 is 4.98 Å². The summed E-state index contributed by atoms with van der Waals surface area (Å²) in [5.41, 5.74) is 1.05. The summed E-state index contributed by atoms with van der Waals surface area (Å²) in [6, 6.07) is 1.45. The summed E-state index contributed by atoms with van der Waals surface area (Å²) in [5.74, 6) is 0.610. The molecule has 0 saturated heterocycles. The van der Waals surface area contributed by atoms with Crippen LogP contribution in [-0.2, 0) is 0 Å². The lowest BCUT2D eigenvalue weighted by Crippen LogP contribution is -2.04. The van der Waals surface area contributed by atoms with Crippen molar-refractivity contribution in [1.82, 2.24) is 15.0 Å². The van der Waals surface area contributed by atoms with Crippen LogP contribution in [0.3, 0.4) is 0 Å². The van der Waals surface area contributed by atoms with E-state index in [1.807, 2.05) is 0 Å². The van der Waals surface area contributed by atoms with Crippen molar-refractivity contribution in [3.63, 3.8) is 0 Å². The van der Waals surface area contributed by atoms with Gasteiger partial charge in [0, 0.05) is 12.3 Å². The molecule has 0 aliphatic heterocycles. The maximum Gasteiger partial charge on any atom is 0.207 e. The molecule has 60 valence electrons. The Balaban J connectivity index is 2.98. The number of fused-ring (bicyclic) bond motifs is 1. The van der Waals surface area contributed by atoms with Crippen LogP contribution >= 0.6 is 0 Å². The summed E-state index contributed by atoms with van der Waals surface area (Å²) in [5, 5.41) is 0. The van der Waals surface area contributed by atoms with Crippen molar-refractivity contribution in [1.29, 1.82) is 0 Å². The number of aryl methyl sites for hydroxylation is 1. The number of aromatic nitrogens is 3. The molecule has 0 radical (unpaired) electrons. The van der Waals surface area contributed by atoms with Crippen LogP contribution < -0.4 is 5.43 Å². The highest BCUT2D eigenvalue weighted by molar-refractivity contribution is 5.72. The van der Waals surface area contributed by atoms with Crippen molar-refractivity contribution in [2.24, 2.45) is 0 Å². The number of aromatic amines is 1. The number of nitrogens with zero attached hydrogens (tertiary/aromatic N) is 2. The first-order valence-corrected chi connectivity index (χ1v) is 3.58. The SMILES string of the molecule is Cc1ncc2[nH]ccc(=O)c2n1. The molecule has 0 atom stereocenters. The lowest BCUT2D eigenvalue weighted by atomic mass is 10.3. The summed E-state index contributed by atoms with van der Waals surface area (Å²) < 4.78 is 0. The predicted molar refractivity (Wildman–Crippen MR) is 44.9 cm³/mol. The first kappa shape index (κ1) is 6.97. The Morgan fingerprint density at radius 1 is 1.50 bits per heavy atom. The second-order valence-electron chi connectivity index (χ2n) is 2.52. The van der Waals surface area contributed by atoms with Crippen LogP contribution in [0.1, 0.15) is 5.82 Å². The molecule has 0 bridgehead atoms. The van der Waals surface area contributed by atoms with Crippen LogP contribution in [-0.4, -0.2) is 15.0 Å². The summed E-state index contributed by atoms with van der Waals surface area (Å²) in [6.07, 6.45) is 3.20. The van der Waals surface area contributed by atoms with Crippen molar-refractivity contribution < 1.29 is 0 Å². The van der Waals surface area contributed by atoms with Crippen LogP contribution in [0.15, 0.2) is 23.3 Å². The first-order valence-electron chi connectivity index (χ1n) is 3.58. The van der Waals surface area contributed by atoms with Crippen LogP contribution in [0.25, 0.3) is 11.0 Å². The molecule has 1 N–H and O–H groups in total. The summed E-state index contributed by atoms with van der Waals surface area (Å²) >= 11 is 0.